The lowest BCUT2D eigenvalue weighted by Gasteiger charge is -2.19. The van der Waals surface area contributed by atoms with E-state index in [0.717, 1.165) is 0 Å². The number of nitrogens with zero attached hydrogens (tertiary/aromatic N) is 1. The number of pyridine rings is 1. The van der Waals surface area contributed by atoms with E-state index in [9.17, 15) is 9.59 Å². The minimum absolute atomic E-state index is 0.0202. The molecule has 0 aliphatic carbocycles. The normalized spacial score (nSPS) is 11.0. The number of carboxylic acid groups (broad SMARTS) is 1. The Hall–Kier alpha value is -1.62. The second-order valence-electron chi connectivity index (χ2n) is 4.21. The summed E-state index contributed by atoms with van der Waals surface area (Å²) in [5, 5.41) is 11.5. The molecule has 0 aliphatic heterocycles. The number of aromatic nitrogens is 1. The van der Waals surface area contributed by atoms with Crippen LogP contribution in [0.3, 0.4) is 0 Å². The first kappa shape index (κ1) is 13.4. The SMILES string of the molecule is CC(C)(CNC(=O)c1cccnc1Cl)C(=O)O. The summed E-state index contributed by atoms with van der Waals surface area (Å²) in [5.74, 6) is -1.41. The highest BCUT2D eigenvalue weighted by atomic mass is 35.5. The molecule has 92 valence electrons. The van der Waals surface area contributed by atoms with Crippen molar-refractivity contribution in [3.63, 3.8) is 0 Å². The molecule has 0 saturated heterocycles. The fraction of sp³-hybridized carbons (Fsp3) is 0.364. The average molecular weight is 257 g/mol. The lowest BCUT2D eigenvalue weighted by molar-refractivity contribution is -0.146. The fourth-order valence-electron chi connectivity index (χ4n) is 1.03. The molecule has 2 N–H and O–H groups in total. The summed E-state index contributed by atoms with van der Waals surface area (Å²) < 4.78 is 0. The van der Waals surface area contributed by atoms with Gasteiger partial charge < -0.3 is 10.4 Å². The molecular weight excluding hydrogens is 244 g/mol. The summed E-state index contributed by atoms with van der Waals surface area (Å²) in [4.78, 5) is 26.3. The number of hydrogen-bond donors (Lipinski definition) is 2. The Morgan fingerprint density at radius 2 is 2.18 bits per heavy atom. The van der Waals surface area contributed by atoms with Crippen LogP contribution in [0, 0.1) is 5.41 Å². The van der Waals surface area contributed by atoms with Crippen molar-refractivity contribution in [3.8, 4) is 0 Å². The third kappa shape index (κ3) is 3.42. The van der Waals surface area contributed by atoms with Gasteiger partial charge in [-0.2, -0.15) is 0 Å². The van der Waals surface area contributed by atoms with Gasteiger partial charge in [0.05, 0.1) is 11.0 Å². The first-order valence-electron chi connectivity index (χ1n) is 4.97. The maximum atomic E-state index is 11.7. The number of carboxylic acids is 1. The highest BCUT2D eigenvalue weighted by Crippen LogP contribution is 2.15. The summed E-state index contributed by atoms with van der Waals surface area (Å²) in [7, 11) is 0. The summed E-state index contributed by atoms with van der Waals surface area (Å²) in [5.41, 5.74) is -0.792. The molecule has 1 amide bonds. The molecule has 1 aromatic rings. The first-order chi connectivity index (χ1) is 7.84. The smallest absolute Gasteiger partial charge is 0.310 e. The van der Waals surface area contributed by atoms with Crippen LogP contribution in [-0.4, -0.2) is 28.5 Å². The maximum Gasteiger partial charge on any atom is 0.310 e. The highest BCUT2D eigenvalue weighted by Gasteiger charge is 2.27. The van der Waals surface area contributed by atoms with Crippen molar-refractivity contribution < 1.29 is 14.7 Å². The second kappa shape index (κ2) is 5.14. The van der Waals surface area contributed by atoms with E-state index in [0.29, 0.717) is 0 Å². The number of nitrogens with one attached hydrogen (secondary N) is 1. The molecule has 1 heterocycles. The Morgan fingerprint density at radius 3 is 2.71 bits per heavy atom. The van der Waals surface area contributed by atoms with Gasteiger partial charge in [-0.25, -0.2) is 4.98 Å². The first-order valence-corrected chi connectivity index (χ1v) is 5.34. The molecule has 6 heteroatoms. The van der Waals surface area contributed by atoms with Crippen LogP contribution in [0.4, 0.5) is 0 Å². The highest BCUT2D eigenvalue weighted by molar-refractivity contribution is 6.32. The summed E-state index contributed by atoms with van der Waals surface area (Å²) in [6, 6.07) is 3.11. The van der Waals surface area contributed by atoms with Crippen LogP contribution < -0.4 is 5.32 Å². The van der Waals surface area contributed by atoms with Crippen molar-refractivity contribution in [1.29, 1.82) is 0 Å². The summed E-state index contributed by atoms with van der Waals surface area (Å²) in [6.45, 7) is 3.08. The van der Waals surface area contributed by atoms with E-state index in [4.69, 9.17) is 16.7 Å². The van der Waals surface area contributed by atoms with Gasteiger partial charge in [0.25, 0.3) is 5.91 Å². The van der Waals surface area contributed by atoms with Crippen LogP contribution in [0.1, 0.15) is 24.2 Å². The van der Waals surface area contributed by atoms with Crippen molar-refractivity contribution in [3.05, 3.63) is 29.0 Å². The molecule has 0 atom stereocenters. The average Bonchev–Trinajstić information content (AvgIpc) is 2.26. The molecule has 0 aromatic carbocycles. The molecule has 17 heavy (non-hydrogen) atoms. The molecule has 0 spiro atoms. The zero-order valence-electron chi connectivity index (χ0n) is 9.53. The van der Waals surface area contributed by atoms with E-state index in [1.54, 1.807) is 6.07 Å². The van der Waals surface area contributed by atoms with E-state index < -0.39 is 17.3 Å². The predicted molar refractivity (Wildman–Crippen MR) is 63.0 cm³/mol. The van der Waals surface area contributed by atoms with Crippen LogP contribution in [-0.2, 0) is 4.79 Å². The molecule has 1 aromatic heterocycles. The van der Waals surface area contributed by atoms with Gasteiger partial charge in [0, 0.05) is 12.7 Å². The van der Waals surface area contributed by atoms with Crippen molar-refractivity contribution >= 4 is 23.5 Å². The number of halogens is 1. The van der Waals surface area contributed by atoms with Gasteiger partial charge >= 0.3 is 5.97 Å². The third-order valence-corrected chi connectivity index (χ3v) is 2.57. The summed E-state index contributed by atoms with van der Waals surface area (Å²) in [6.07, 6.45) is 1.47. The van der Waals surface area contributed by atoms with E-state index in [1.807, 2.05) is 0 Å². The molecule has 0 aliphatic rings. The van der Waals surface area contributed by atoms with E-state index in [1.165, 1.54) is 26.1 Å². The zero-order chi connectivity index (χ0) is 13.1. The number of aliphatic carboxylic acids is 1. The third-order valence-electron chi connectivity index (χ3n) is 2.27. The quantitative estimate of drug-likeness (QED) is 0.802. The zero-order valence-corrected chi connectivity index (χ0v) is 10.3. The lowest BCUT2D eigenvalue weighted by atomic mass is 9.94. The molecule has 0 radical (unpaired) electrons. The largest absolute Gasteiger partial charge is 0.481 e. The van der Waals surface area contributed by atoms with Gasteiger partial charge in [-0.3, -0.25) is 9.59 Å². The standard InChI is InChI=1S/C11H13ClN2O3/c1-11(2,10(16)17)6-14-9(15)7-4-3-5-13-8(7)12/h3-5H,6H2,1-2H3,(H,14,15)(H,16,17). The number of amides is 1. The van der Waals surface area contributed by atoms with Gasteiger partial charge in [-0.1, -0.05) is 11.6 Å². The van der Waals surface area contributed by atoms with Gasteiger partial charge in [0.15, 0.2) is 0 Å². The van der Waals surface area contributed by atoms with E-state index >= 15 is 0 Å². The molecule has 5 nitrogen and oxygen atoms in total. The number of carbonyl (C=O) groups excluding carboxylic acids is 1. The predicted octanol–water partition coefficient (Wildman–Crippen LogP) is 1.58. The Labute approximate surface area is 104 Å². The Balaban J connectivity index is 2.69. The van der Waals surface area contributed by atoms with Crippen LogP contribution in [0.2, 0.25) is 5.15 Å². The monoisotopic (exact) mass is 256 g/mol. The molecular formula is C11H13ClN2O3. The molecule has 0 saturated carbocycles. The van der Waals surface area contributed by atoms with E-state index in [2.05, 4.69) is 10.3 Å². The van der Waals surface area contributed by atoms with Crippen molar-refractivity contribution in [2.45, 2.75) is 13.8 Å². The minimum atomic E-state index is -1.02. The second-order valence-corrected chi connectivity index (χ2v) is 4.57. The summed E-state index contributed by atoms with van der Waals surface area (Å²) >= 11 is 5.74. The van der Waals surface area contributed by atoms with Gasteiger partial charge in [0.1, 0.15) is 5.15 Å². The maximum absolute atomic E-state index is 11.7. The Morgan fingerprint density at radius 1 is 1.53 bits per heavy atom. The van der Waals surface area contributed by atoms with Crippen LogP contribution >= 0.6 is 11.6 Å². The topological polar surface area (TPSA) is 79.3 Å². The van der Waals surface area contributed by atoms with Crippen molar-refractivity contribution in [2.24, 2.45) is 5.41 Å². The number of hydrogen-bond acceptors (Lipinski definition) is 3. The molecule has 0 fully saturated rings. The van der Waals surface area contributed by atoms with E-state index in [-0.39, 0.29) is 17.3 Å². The van der Waals surface area contributed by atoms with Crippen LogP contribution in [0.15, 0.2) is 18.3 Å². The van der Waals surface area contributed by atoms with Crippen molar-refractivity contribution in [1.82, 2.24) is 10.3 Å². The minimum Gasteiger partial charge on any atom is -0.481 e. The van der Waals surface area contributed by atoms with Crippen LogP contribution in [0.5, 0.6) is 0 Å². The number of carbonyl (C=O) groups is 2. The van der Waals surface area contributed by atoms with Gasteiger partial charge in [0.2, 0.25) is 0 Å². The molecule has 0 unspecified atom stereocenters. The number of rotatable bonds is 4. The van der Waals surface area contributed by atoms with Gasteiger partial charge in [-0.05, 0) is 26.0 Å². The Kier molecular flexibility index (Phi) is 4.07. The van der Waals surface area contributed by atoms with Crippen molar-refractivity contribution in [2.75, 3.05) is 6.54 Å². The van der Waals surface area contributed by atoms with Crippen LogP contribution in [0.25, 0.3) is 0 Å². The molecule has 1 rings (SSSR count). The fourth-order valence-corrected chi connectivity index (χ4v) is 1.23. The lowest BCUT2D eigenvalue weighted by Crippen LogP contribution is -2.39. The van der Waals surface area contributed by atoms with Gasteiger partial charge in [-0.15, -0.1) is 0 Å². The Bertz CT molecular complexity index is 446. The molecule has 0 bridgehead atoms.